The largest absolute Gasteiger partial charge is 0.481 e. The maximum Gasteiger partial charge on any atom is 0.303 e. The summed E-state index contributed by atoms with van der Waals surface area (Å²) in [5, 5.41) is 15.8. The number of rotatable bonds is 9. The van der Waals surface area contributed by atoms with Crippen LogP contribution in [0.4, 0.5) is 5.95 Å². The van der Waals surface area contributed by atoms with E-state index in [1.54, 1.807) is 6.20 Å². The van der Waals surface area contributed by atoms with Gasteiger partial charge in [-0.05, 0) is 35.4 Å². The topological polar surface area (TPSA) is 123 Å². The zero-order valence-electron chi connectivity index (χ0n) is 22.3. The van der Waals surface area contributed by atoms with E-state index in [-0.39, 0.29) is 43.0 Å². The summed E-state index contributed by atoms with van der Waals surface area (Å²) < 4.78 is 12.1. The lowest BCUT2D eigenvalue weighted by molar-refractivity contribution is -0.140. The van der Waals surface area contributed by atoms with Gasteiger partial charge in [0.05, 0.1) is 37.4 Å². The van der Waals surface area contributed by atoms with Gasteiger partial charge in [-0.25, -0.2) is 9.97 Å². The predicted molar refractivity (Wildman–Crippen MR) is 149 cm³/mol. The smallest absolute Gasteiger partial charge is 0.303 e. The summed E-state index contributed by atoms with van der Waals surface area (Å²) in [6.07, 6.45) is 4.95. The Labute approximate surface area is 233 Å². The fourth-order valence-electron chi connectivity index (χ4n) is 6.43. The molecule has 40 heavy (non-hydrogen) atoms. The lowest BCUT2D eigenvalue weighted by Gasteiger charge is -2.27. The number of hydrogen-bond donors (Lipinski definition) is 3. The van der Waals surface area contributed by atoms with Gasteiger partial charge in [-0.15, -0.1) is 0 Å². The molecule has 4 unspecified atom stereocenters. The molecule has 1 saturated carbocycles. The normalized spacial score (nSPS) is 24.9. The van der Waals surface area contributed by atoms with Gasteiger partial charge in [0.1, 0.15) is 12.2 Å². The molecule has 9 heteroatoms. The van der Waals surface area contributed by atoms with Crippen LogP contribution >= 0.6 is 0 Å². The van der Waals surface area contributed by atoms with E-state index in [1.807, 2.05) is 24.3 Å². The molecule has 0 radical (unpaired) electrons. The molecule has 208 valence electrons. The van der Waals surface area contributed by atoms with Crippen molar-refractivity contribution >= 4 is 17.8 Å². The Balaban J connectivity index is 1.06. The van der Waals surface area contributed by atoms with Crippen LogP contribution in [0.2, 0.25) is 0 Å². The van der Waals surface area contributed by atoms with Crippen molar-refractivity contribution in [1.29, 1.82) is 0 Å². The van der Waals surface area contributed by atoms with Gasteiger partial charge in [0.25, 0.3) is 0 Å². The van der Waals surface area contributed by atoms with Crippen molar-refractivity contribution in [3.8, 4) is 22.4 Å². The van der Waals surface area contributed by atoms with Crippen molar-refractivity contribution in [3.05, 3.63) is 66.9 Å². The third kappa shape index (κ3) is 5.71. The van der Waals surface area contributed by atoms with Crippen LogP contribution in [-0.2, 0) is 19.1 Å². The van der Waals surface area contributed by atoms with Crippen LogP contribution in [0.25, 0.3) is 22.4 Å². The summed E-state index contributed by atoms with van der Waals surface area (Å²) in [5.41, 5.74) is 3.67. The number of nitrogens with zero attached hydrogens (tertiary/aromatic N) is 2. The average molecular weight is 543 g/mol. The van der Waals surface area contributed by atoms with Crippen molar-refractivity contribution < 1.29 is 24.2 Å². The number of nitrogens with one attached hydrogen (secondary N) is 2. The summed E-state index contributed by atoms with van der Waals surface area (Å²) in [6.45, 7) is 0.754. The Morgan fingerprint density at radius 1 is 0.850 bits per heavy atom. The highest BCUT2D eigenvalue weighted by Gasteiger charge is 2.49. The molecule has 3 N–H and O–H groups in total. The van der Waals surface area contributed by atoms with Gasteiger partial charge in [-0.1, -0.05) is 67.4 Å². The van der Waals surface area contributed by atoms with Crippen LogP contribution in [0.1, 0.15) is 38.5 Å². The van der Waals surface area contributed by atoms with E-state index < -0.39 is 11.4 Å². The second kappa shape index (κ2) is 11.3. The summed E-state index contributed by atoms with van der Waals surface area (Å²) in [7, 11) is 0. The quantitative estimate of drug-likeness (QED) is 0.366. The molecule has 3 heterocycles. The van der Waals surface area contributed by atoms with E-state index in [9.17, 15) is 14.7 Å². The van der Waals surface area contributed by atoms with Gasteiger partial charge >= 0.3 is 5.97 Å². The second-order valence-electron chi connectivity index (χ2n) is 11.2. The van der Waals surface area contributed by atoms with Gasteiger partial charge in [-0.3, -0.25) is 9.59 Å². The van der Waals surface area contributed by atoms with E-state index in [1.165, 1.54) is 5.56 Å². The van der Waals surface area contributed by atoms with Crippen LogP contribution in [0, 0.1) is 5.41 Å². The van der Waals surface area contributed by atoms with Crippen LogP contribution in [0.15, 0.2) is 66.9 Å². The molecule has 1 aromatic heterocycles. The fraction of sp³-hybridized carbons (Fsp3) is 0.419. The standard InChI is InChI=1S/C31H34N4O5/c36-26(16-31(17-27(37)38)13-4-5-14-31)33-24-18-39-29-25(19-40-28(24)29)35-30-32-15-12-23(34-30)22-10-8-21(9-11-22)20-6-2-1-3-7-20/h1-3,6-12,15,24-25,28-29H,4-5,13-14,16-19H2,(H,33,36)(H,37,38)(H,32,34,35). The number of anilines is 1. The molecule has 6 rings (SSSR count). The van der Waals surface area contributed by atoms with Gasteiger partial charge < -0.3 is 25.2 Å². The molecule has 3 aromatic rings. The lowest BCUT2D eigenvalue weighted by atomic mass is 9.79. The molecule has 2 saturated heterocycles. The van der Waals surface area contributed by atoms with E-state index in [2.05, 4.69) is 52.0 Å². The number of hydrogen-bond acceptors (Lipinski definition) is 7. The molecular formula is C31H34N4O5. The number of aromatic nitrogens is 2. The molecule has 0 spiro atoms. The monoisotopic (exact) mass is 542 g/mol. The van der Waals surface area contributed by atoms with E-state index in [0.29, 0.717) is 19.2 Å². The Morgan fingerprint density at radius 3 is 2.23 bits per heavy atom. The number of aliphatic carboxylic acids is 1. The summed E-state index contributed by atoms with van der Waals surface area (Å²) >= 11 is 0. The number of carbonyl (C=O) groups is 2. The highest BCUT2D eigenvalue weighted by atomic mass is 16.6. The summed E-state index contributed by atoms with van der Waals surface area (Å²) in [6, 6.07) is 20.0. The summed E-state index contributed by atoms with van der Waals surface area (Å²) in [4.78, 5) is 33.5. The maximum absolute atomic E-state index is 12.9. The fourth-order valence-corrected chi connectivity index (χ4v) is 6.43. The zero-order chi connectivity index (χ0) is 27.5. The number of fused-ring (bicyclic) bond motifs is 1. The van der Waals surface area contributed by atoms with Crippen molar-refractivity contribution in [2.24, 2.45) is 5.41 Å². The molecule has 3 aliphatic rings. The number of carbonyl (C=O) groups excluding carboxylic acids is 1. The number of ether oxygens (including phenoxy) is 2. The average Bonchev–Trinajstić information content (AvgIpc) is 3.68. The highest BCUT2D eigenvalue weighted by molar-refractivity contribution is 5.78. The van der Waals surface area contributed by atoms with Gasteiger partial charge in [0.2, 0.25) is 11.9 Å². The first kappa shape index (κ1) is 26.4. The highest BCUT2D eigenvalue weighted by Crippen LogP contribution is 2.44. The molecule has 1 amide bonds. The minimum Gasteiger partial charge on any atom is -0.481 e. The first-order valence-corrected chi connectivity index (χ1v) is 14.0. The minimum atomic E-state index is -0.845. The maximum atomic E-state index is 12.9. The lowest BCUT2D eigenvalue weighted by Crippen LogP contribution is -2.46. The number of benzene rings is 2. The molecule has 2 aromatic carbocycles. The Morgan fingerprint density at radius 2 is 1.50 bits per heavy atom. The molecule has 9 nitrogen and oxygen atoms in total. The first-order chi connectivity index (χ1) is 19.5. The van der Waals surface area contributed by atoms with Crippen molar-refractivity contribution in [3.63, 3.8) is 0 Å². The zero-order valence-corrected chi connectivity index (χ0v) is 22.3. The van der Waals surface area contributed by atoms with Gasteiger partial charge in [0, 0.05) is 18.2 Å². The molecule has 1 aliphatic carbocycles. The molecule has 0 bridgehead atoms. The minimum absolute atomic E-state index is 0.0341. The third-order valence-corrected chi connectivity index (χ3v) is 8.38. The van der Waals surface area contributed by atoms with E-state index >= 15 is 0 Å². The molecule has 4 atom stereocenters. The van der Waals surface area contributed by atoms with Crippen LogP contribution in [0.5, 0.6) is 0 Å². The van der Waals surface area contributed by atoms with Crippen molar-refractivity contribution in [2.75, 3.05) is 18.5 Å². The Kier molecular flexibility index (Phi) is 7.49. The van der Waals surface area contributed by atoms with Gasteiger partial charge in [-0.2, -0.15) is 0 Å². The second-order valence-corrected chi connectivity index (χ2v) is 11.2. The van der Waals surface area contributed by atoms with Crippen molar-refractivity contribution in [1.82, 2.24) is 15.3 Å². The number of carboxylic acid groups (broad SMARTS) is 1. The molecule has 2 aliphatic heterocycles. The third-order valence-electron chi connectivity index (χ3n) is 8.38. The molecule has 3 fully saturated rings. The SMILES string of the molecule is O=C(O)CC1(CC(=O)NC2COC3C(Nc4nccc(-c5ccc(-c6ccccc6)cc5)n4)COC23)CCCC1. The van der Waals surface area contributed by atoms with Gasteiger partial charge in [0.15, 0.2) is 0 Å². The number of carboxylic acids is 1. The Bertz CT molecular complexity index is 1340. The van der Waals surface area contributed by atoms with Crippen LogP contribution in [0.3, 0.4) is 0 Å². The number of amides is 1. The van der Waals surface area contributed by atoms with E-state index in [4.69, 9.17) is 14.5 Å². The van der Waals surface area contributed by atoms with Crippen molar-refractivity contribution in [2.45, 2.75) is 62.8 Å². The predicted octanol–water partition coefficient (Wildman–Crippen LogP) is 4.30. The van der Waals surface area contributed by atoms with Crippen LogP contribution < -0.4 is 10.6 Å². The van der Waals surface area contributed by atoms with Crippen LogP contribution in [-0.4, -0.2) is 64.5 Å². The first-order valence-electron chi connectivity index (χ1n) is 14.0. The van der Waals surface area contributed by atoms with E-state index in [0.717, 1.165) is 42.5 Å². The molecular weight excluding hydrogens is 508 g/mol. The summed E-state index contributed by atoms with van der Waals surface area (Å²) in [5.74, 6) is -0.485. The Hall–Kier alpha value is -3.82.